The van der Waals surface area contributed by atoms with Crippen molar-refractivity contribution in [3.63, 3.8) is 0 Å². The topological polar surface area (TPSA) is 164 Å². The van der Waals surface area contributed by atoms with E-state index < -0.39 is 11.9 Å². The number of hydrogen-bond donors (Lipinski definition) is 3. The quantitative estimate of drug-likeness (QED) is 0.114. The van der Waals surface area contributed by atoms with Gasteiger partial charge in [-0.25, -0.2) is 19.6 Å². The summed E-state index contributed by atoms with van der Waals surface area (Å²) in [6, 6.07) is 12.0. The molecule has 2 aromatic carbocycles. The third-order valence-corrected chi connectivity index (χ3v) is 10.8. The van der Waals surface area contributed by atoms with Gasteiger partial charge in [-0.15, -0.1) is 0 Å². The van der Waals surface area contributed by atoms with Gasteiger partial charge in [0.05, 0.1) is 19.8 Å². The molecule has 14 heteroatoms. The van der Waals surface area contributed by atoms with Gasteiger partial charge in [-0.05, 0) is 106 Å². The lowest BCUT2D eigenvalue weighted by Gasteiger charge is -2.19. The summed E-state index contributed by atoms with van der Waals surface area (Å²) in [6.45, 7) is 16.3. The first-order valence-corrected chi connectivity index (χ1v) is 19.7. The zero-order chi connectivity index (χ0) is 39.3. The van der Waals surface area contributed by atoms with Crippen LogP contribution < -0.4 is 29.9 Å². The minimum atomic E-state index is -1.03. The van der Waals surface area contributed by atoms with Crippen molar-refractivity contribution in [2.45, 2.75) is 60.5 Å². The Kier molecular flexibility index (Phi) is 11.7. The van der Waals surface area contributed by atoms with E-state index in [1.54, 1.807) is 13.1 Å². The maximum absolute atomic E-state index is 12.4. The molecule has 3 N–H and O–H groups in total. The van der Waals surface area contributed by atoms with Gasteiger partial charge >= 0.3 is 11.9 Å². The van der Waals surface area contributed by atoms with Crippen LogP contribution in [0, 0.1) is 37.5 Å². The Bertz CT molecular complexity index is 2040. The third-order valence-electron chi connectivity index (χ3n) is 10.8. The van der Waals surface area contributed by atoms with Gasteiger partial charge in [-0.1, -0.05) is 24.3 Å². The van der Waals surface area contributed by atoms with Gasteiger partial charge in [0.15, 0.2) is 0 Å². The van der Waals surface area contributed by atoms with Gasteiger partial charge in [0.1, 0.15) is 34.3 Å². The minimum Gasteiger partial charge on any atom is -0.494 e. The van der Waals surface area contributed by atoms with E-state index in [1.165, 1.54) is 19.0 Å². The molecular formula is C42H52N8O6. The first kappa shape index (κ1) is 38.6. The van der Waals surface area contributed by atoms with E-state index in [4.69, 9.17) is 14.2 Å². The maximum Gasteiger partial charge on any atom is 0.343 e. The van der Waals surface area contributed by atoms with Gasteiger partial charge in [0.25, 0.3) is 0 Å². The predicted octanol–water partition coefficient (Wildman–Crippen LogP) is 6.38. The number of hydrogen-bond acceptors (Lipinski definition) is 13. The predicted molar refractivity (Wildman–Crippen MR) is 214 cm³/mol. The first-order chi connectivity index (χ1) is 27.1. The monoisotopic (exact) mass is 764 g/mol. The Balaban J connectivity index is 0.000000172. The van der Waals surface area contributed by atoms with Crippen LogP contribution >= 0.6 is 0 Å². The van der Waals surface area contributed by atoms with Crippen molar-refractivity contribution in [3.8, 4) is 11.5 Å². The molecule has 0 bridgehead atoms. The number of nitrogens with zero attached hydrogens (tertiary/aromatic N) is 6. The highest BCUT2D eigenvalue weighted by Crippen LogP contribution is 2.46. The molecule has 2 aromatic heterocycles. The van der Waals surface area contributed by atoms with Crippen molar-refractivity contribution >= 4 is 35.5 Å². The van der Waals surface area contributed by atoms with Gasteiger partial charge in [-0.3, -0.25) is 0 Å². The van der Waals surface area contributed by atoms with Gasteiger partial charge in [-0.2, -0.15) is 9.97 Å². The van der Waals surface area contributed by atoms with Crippen molar-refractivity contribution in [2.24, 2.45) is 23.7 Å². The van der Waals surface area contributed by atoms with Crippen LogP contribution in [0.5, 0.6) is 11.5 Å². The van der Waals surface area contributed by atoms with E-state index in [9.17, 15) is 14.7 Å². The van der Waals surface area contributed by atoms with Gasteiger partial charge in [0, 0.05) is 51.7 Å². The van der Waals surface area contributed by atoms with E-state index in [2.05, 4.69) is 46.4 Å². The van der Waals surface area contributed by atoms with Crippen LogP contribution in [-0.4, -0.2) is 83.0 Å². The SMILES string of the molecule is CCOC(=O)c1cnc(N2CC3CC3C2)nc1NCc1ccc(OCC)c(C)c1.CCOc1ccc(CNc2nc(N3CC4CC4C3)ncc2C(=O)O)cc1C. The van der Waals surface area contributed by atoms with Crippen LogP contribution in [-0.2, 0) is 17.8 Å². The molecule has 56 heavy (non-hydrogen) atoms. The van der Waals surface area contributed by atoms with Gasteiger partial charge < -0.3 is 39.8 Å². The van der Waals surface area contributed by atoms with E-state index in [1.807, 2.05) is 58.0 Å². The Morgan fingerprint density at radius 3 is 1.55 bits per heavy atom. The van der Waals surface area contributed by atoms with Crippen LogP contribution in [0.15, 0.2) is 48.8 Å². The number of anilines is 4. The summed E-state index contributed by atoms with van der Waals surface area (Å²) in [4.78, 5) is 46.2. The number of ether oxygens (including phenoxy) is 3. The molecule has 0 radical (unpaired) electrons. The molecule has 2 saturated heterocycles. The van der Waals surface area contributed by atoms with E-state index in [-0.39, 0.29) is 5.56 Å². The molecule has 4 fully saturated rings. The number of nitrogens with one attached hydrogen (secondary N) is 2. The van der Waals surface area contributed by atoms with E-state index in [0.29, 0.717) is 62.0 Å². The summed E-state index contributed by atoms with van der Waals surface area (Å²) in [6.07, 6.45) is 5.60. The van der Waals surface area contributed by atoms with Crippen LogP contribution in [0.4, 0.5) is 23.5 Å². The van der Waals surface area contributed by atoms with E-state index in [0.717, 1.165) is 83.6 Å². The fourth-order valence-electron chi connectivity index (χ4n) is 7.61. The van der Waals surface area contributed by atoms with E-state index >= 15 is 0 Å². The number of aromatic nitrogens is 4. The number of carboxylic acid groups (broad SMARTS) is 1. The number of esters is 1. The number of carbonyl (C=O) groups is 2. The first-order valence-electron chi connectivity index (χ1n) is 19.7. The second-order valence-corrected chi connectivity index (χ2v) is 15.0. The second-order valence-electron chi connectivity index (χ2n) is 15.0. The lowest BCUT2D eigenvalue weighted by Crippen LogP contribution is -2.25. The number of aryl methyl sites for hydroxylation is 2. The summed E-state index contributed by atoms with van der Waals surface area (Å²) in [5, 5.41) is 15.9. The third kappa shape index (κ3) is 9.06. The Morgan fingerprint density at radius 2 is 1.14 bits per heavy atom. The molecule has 2 aliphatic heterocycles. The molecule has 8 rings (SSSR count). The summed E-state index contributed by atoms with van der Waals surface area (Å²) in [7, 11) is 0. The molecule has 0 amide bonds. The number of carbonyl (C=O) groups excluding carboxylic acids is 1. The number of fused-ring (bicyclic) bond motifs is 2. The summed E-state index contributed by atoms with van der Waals surface area (Å²) in [5.41, 5.74) is 4.71. The summed E-state index contributed by atoms with van der Waals surface area (Å²) in [5.74, 6) is 5.56. The highest BCUT2D eigenvalue weighted by Gasteiger charge is 2.46. The van der Waals surface area contributed by atoms with Crippen molar-refractivity contribution in [3.05, 3.63) is 82.2 Å². The van der Waals surface area contributed by atoms with Gasteiger partial charge in [0.2, 0.25) is 11.9 Å². The number of piperidine rings is 2. The zero-order valence-corrected chi connectivity index (χ0v) is 32.9. The highest BCUT2D eigenvalue weighted by molar-refractivity contribution is 5.94. The highest BCUT2D eigenvalue weighted by atomic mass is 16.5. The molecule has 0 spiro atoms. The van der Waals surface area contributed by atoms with Crippen LogP contribution in [0.3, 0.4) is 0 Å². The Labute approximate surface area is 328 Å². The molecule has 2 saturated carbocycles. The molecule has 4 aromatic rings. The maximum atomic E-state index is 12.4. The molecule has 4 atom stereocenters. The van der Waals surface area contributed by atoms with Crippen molar-refractivity contribution in [1.29, 1.82) is 0 Å². The zero-order valence-electron chi connectivity index (χ0n) is 32.9. The number of rotatable bonds is 15. The van der Waals surface area contributed by atoms with Crippen LogP contribution in [0.1, 0.15) is 76.6 Å². The number of aromatic carboxylic acids is 1. The summed E-state index contributed by atoms with van der Waals surface area (Å²) >= 11 is 0. The molecular weight excluding hydrogens is 713 g/mol. The van der Waals surface area contributed by atoms with Crippen molar-refractivity contribution < 1.29 is 28.9 Å². The normalized spacial score (nSPS) is 19.9. The lowest BCUT2D eigenvalue weighted by molar-refractivity contribution is 0.0526. The summed E-state index contributed by atoms with van der Waals surface area (Å²) < 4.78 is 16.4. The lowest BCUT2D eigenvalue weighted by atomic mass is 10.1. The van der Waals surface area contributed by atoms with Crippen molar-refractivity contribution in [1.82, 2.24) is 19.9 Å². The number of carboxylic acids is 1. The molecule has 296 valence electrons. The molecule has 2 aliphatic carbocycles. The fraction of sp³-hybridized carbons (Fsp3) is 0.476. The van der Waals surface area contributed by atoms with Crippen LogP contribution in [0.2, 0.25) is 0 Å². The van der Waals surface area contributed by atoms with Crippen molar-refractivity contribution in [2.75, 3.05) is 66.4 Å². The molecule has 4 heterocycles. The Hall–Kier alpha value is -5.66. The smallest absolute Gasteiger partial charge is 0.343 e. The average Bonchev–Trinajstić information content (AvgIpc) is 4.03. The molecule has 4 unspecified atom stereocenters. The largest absolute Gasteiger partial charge is 0.494 e. The van der Waals surface area contributed by atoms with Crippen LogP contribution in [0.25, 0.3) is 0 Å². The minimum absolute atomic E-state index is 0.0887. The standard InChI is InChI=1S/C22H28N4O3.C20H24N4O3/c1-4-28-19-7-6-15(8-14(19)3)10-23-20-18(21(27)29-5-2)11-24-22(25-20)26-12-16-9-17(16)13-26;1-3-27-17-5-4-13(6-12(17)2)8-21-18-16(19(25)26)9-22-20(23-18)24-10-14-7-15(14)11-24/h6-8,11,16-17H,4-5,9-10,12-13H2,1-3H3,(H,23,24,25);4-6,9,14-15H,3,7-8,10-11H2,1-2H3,(H,25,26)(H,21,22,23). The Morgan fingerprint density at radius 1 is 0.696 bits per heavy atom. The molecule has 4 aliphatic rings. The fourth-order valence-corrected chi connectivity index (χ4v) is 7.61. The average molecular weight is 765 g/mol. The number of benzene rings is 2. The molecule has 14 nitrogen and oxygen atoms in total. The second kappa shape index (κ2) is 17.0.